The fraction of sp³-hybridized carbons (Fsp3) is 0.846. The summed E-state index contributed by atoms with van der Waals surface area (Å²) in [7, 11) is 0. The van der Waals surface area contributed by atoms with Crippen molar-refractivity contribution in [1.82, 2.24) is 4.90 Å². The number of aliphatic carboxylic acids is 1. The van der Waals surface area contributed by atoms with Crippen molar-refractivity contribution in [3.05, 3.63) is 0 Å². The fourth-order valence-electron chi connectivity index (χ4n) is 2.20. The molecule has 1 rings (SSSR count). The number of nitrogens with zero attached hydrogens (tertiary/aromatic N) is 1. The third kappa shape index (κ3) is 3.45. The molecule has 1 heterocycles. The Labute approximate surface area is 108 Å². The van der Waals surface area contributed by atoms with Crippen molar-refractivity contribution in [3.8, 4) is 0 Å². The maximum atomic E-state index is 12.3. The van der Waals surface area contributed by atoms with Gasteiger partial charge in [0.25, 0.3) is 0 Å². The van der Waals surface area contributed by atoms with E-state index in [9.17, 15) is 14.7 Å². The summed E-state index contributed by atoms with van der Waals surface area (Å²) >= 11 is 0. The zero-order chi connectivity index (χ0) is 13.9. The van der Waals surface area contributed by atoms with Gasteiger partial charge >= 0.3 is 5.97 Å². The highest BCUT2D eigenvalue weighted by Gasteiger charge is 2.41. The Kier molecular flexibility index (Phi) is 4.73. The quantitative estimate of drug-likeness (QED) is 0.775. The standard InChI is InChI=1S/C13H23NO4/c1-5-9-8-14(6-7-18-9)11(15)10(12(16)17)13(2,3)4/h9-10H,5-8H2,1-4H3,(H,16,17). The highest BCUT2D eigenvalue weighted by atomic mass is 16.5. The minimum atomic E-state index is -1.05. The third-order valence-corrected chi connectivity index (χ3v) is 3.27. The number of hydrogen-bond donors (Lipinski definition) is 1. The molecule has 5 nitrogen and oxygen atoms in total. The summed E-state index contributed by atoms with van der Waals surface area (Å²) in [6.45, 7) is 8.80. The molecule has 5 heteroatoms. The minimum absolute atomic E-state index is 0.0251. The highest BCUT2D eigenvalue weighted by Crippen LogP contribution is 2.28. The molecule has 0 saturated carbocycles. The van der Waals surface area contributed by atoms with Crippen LogP contribution in [0.1, 0.15) is 34.1 Å². The van der Waals surface area contributed by atoms with E-state index in [1.54, 1.807) is 25.7 Å². The lowest BCUT2D eigenvalue weighted by atomic mass is 9.79. The van der Waals surface area contributed by atoms with E-state index in [-0.39, 0.29) is 12.0 Å². The Morgan fingerprint density at radius 1 is 1.44 bits per heavy atom. The van der Waals surface area contributed by atoms with E-state index in [4.69, 9.17) is 4.74 Å². The molecule has 1 aliphatic rings. The van der Waals surface area contributed by atoms with Crippen LogP contribution in [-0.2, 0) is 14.3 Å². The van der Waals surface area contributed by atoms with Gasteiger partial charge in [-0.1, -0.05) is 27.7 Å². The van der Waals surface area contributed by atoms with Crippen LogP contribution in [0.15, 0.2) is 0 Å². The van der Waals surface area contributed by atoms with Crippen LogP contribution in [0, 0.1) is 11.3 Å². The summed E-state index contributed by atoms with van der Waals surface area (Å²) in [4.78, 5) is 25.3. The molecule has 0 aliphatic carbocycles. The number of carbonyl (C=O) groups excluding carboxylic acids is 1. The van der Waals surface area contributed by atoms with E-state index in [1.165, 1.54) is 0 Å². The molecule has 18 heavy (non-hydrogen) atoms. The fourth-order valence-corrected chi connectivity index (χ4v) is 2.20. The monoisotopic (exact) mass is 257 g/mol. The smallest absolute Gasteiger partial charge is 0.316 e. The van der Waals surface area contributed by atoms with Gasteiger partial charge in [-0.25, -0.2) is 0 Å². The Bertz CT molecular complexity index is 321. The molecule has 0 spiro atoms. The van der Waals surface area contributed by atoms with Crippen molar-refractivity contribution >= 4 is 11.9 Å². The highest BCUT2D eigenvalue weighted by molar-refractivity contribution is 5.97. The molecule has 1 fully saturated rings. The molecular formula is C13H23NO4. The maximum Gasteiger partial charge on any atom is 0.316 e. The summed E-state index contributed by atoms with van der Waals surface area (Å²) in [5.41, 5.74) is -0.580. The molecule has 1 amide bonds. The van der Waals surface area contributed by atoms with E-state index >= 15 is 0 Å². The first-order valence-corrected chi connectivity index (χ1v) is 6.40. The summed E-state index contributed by atoms with van der Waals surface area (Å²) in [6.07, 6.45) is 0.855. The van der Waals surface area contributed by atoms with Gasteiger partial charge in [0.05, 0.1) is 12.7 Å². The van der Waals surface area contributed by atoms with Gasteiger partial charge in [-0.3, -0.25) is 9.59 Å². The van der Waals surface area contributed by atoms with Crippen molar-refractivity contribution in [2.45, 2.75) is 40.2 Å². The number of carboxylic acids is 1. The van der Waals surface area contributed by atoms with Gasteiger partial charge in [0.2, 0.25) is 5.91 Å². The molecule has 104 valence electrons. The first-order valence-electron chi connectivity index (χ1n) is 6.40. The van der Waals surface area contributed by atoms with Gasteiger partial charge in [0.1, 0.15) is 5.92 Å². The molecule has 0 aromatic rings. The summed E-state index contributed by atoms with van der Waals surface area (Å²) < 4.78 is 5.49. The van der Waals surface area contributed by atoms with Crippen LogP contribution in [0.25, 0.3) is 0 Å². The normalized spacial score (nSPS) is 22.7. The molecule has 1 aliphatic heterocycles. The van der Waals surface area contributed by atoms with Crippen molar-refractivity contribution in [2.24, 2.45) is 11.3 Å². The zero-order valence-electron chi connectivity index (χ0n) is 11.6. The number of hydrogen-bond acceptors (Lipinski definition) is 3. The van der Waals surface area contributed by atoms with E-state index in [1.807, 2.05) is 6.92 Å². The number of morpholine rings is 1. The topological polar surface area (TPSA) is 66.8 Å². The Balaban J connectivity index is 2.80. The van der Waals surface area contributed by atoms with E-state index in [2.05, 4.69) is 0 Å². The average molecular weight is 257 g/mol. The first kappa shape index (κ1) is 15.0. The van der Waals surface area contributed by atoms with Crippen molar-refractivity contribution in [1.29, 1.82) is 0 Å². The molecule has 2 unspecified atom stereocenters. The second-order valence-electron chi connectivity index (χ2n) is 5.82. The van der Waals surface area contributed by atoms with Gasteiger partial charge in [0, 0.05) is 13.1 Å². The second kappa shape index (κ2) is 5.69. The SMILES string of the molecule is CCC1CN(C(=O)C(C(=O)O)C(C)(C)C)CCO1. The van der Waals surface area contributed by atoms with Crippen molar-refractivity contribution in [3.63, 3.8) is 0 Å². The van der Waals surface area contributed by atoms with E-state index < -0.39 is 17.3 Å². The van der Waals surface area contributed by atoms with Crippen LogP contribution < -0.4 is 0 Å². The number of carbonyl (C=O) groups is 2. The van der Waals surface area contributed by atoms with Crippen LogP contribution in [0.3, 0.4) is 0 Å². The van der Waals surface area contributed by atoms with E-state index in [0.717, 1.165) is 6.42 Å². The number of carboxylic acid groups (broad SMARTS) is 1. The number of ether oxygens (including phenoxy) is 1. The summed E-state index contributed by atoms with van der Waals surface area (Å²) in [6, 6.07) is 0. The van der Waals surface area contributed by atoms with Crippen LogP contribution in [0.5, 0.6) is 0 Å². The van der Waals surface area contributed by atoms with E-state index in [0.29, 0.717) is 19.7 Å². The second-order valence-corrected chi connectivity index (χ2v) is 5.82. The van der Waals surface area contributed by atoms with Crippen LogP contribution in [-0.4, -0.2) is 47.7 Å². The molecule has 0 aromatic carbocycles. The molecular weight excluding hydrogens is 234 g/mol. The van der Waals surface area contributed by atoms with Gasteiger partial charge in [0.15, 0.2) is 0 Å². The molecule has 1 saturated heterocycles. The Hall–Kier alpha value is -1.10. The zero-order valence-corrected chi connectivity index (χ0v) is 11.6. The predicted octanol–water partition coefficient (Wildman–Crippen LogP) is 1.37. The largest absolute Gasteiger partial charge is 0.481 e. The molecule has 0 radical (unpaired) electrons. The van der Waals surface area contributed by atoms with Crippen molar-refractivity contribution < 1.29 is 19.4 Å². The lowest BCUT2D eigenvalue weighted by molar-refractivity contribution is -0.160. The molecule has 0 bridgehead atoms. The minimum Gasteiger partial charge on any atom is -0.481 e. The number of amides is 1. The van der Waals surface area contributed by atoms with Crippen LogP contribution in [0.2, 0.25) is 0 Å². The Morgan fingerprint density at radius 3 is 2.50 bits per heavy atom. The third-order valence-electron chi connectivity index (χ3n) is 3.27. The van der Waals surface area contributed by atoms with Gasteiger partial charge in [-0.2, -0.15) is 0 Å². The predicted molar refractivity (Wildman–Crippen MR) is 67.2 cm³/mol. The first-order chi connectivity index (χ1) is 8.27. The van der Waals surface area contributed by atoms with Crippen LogP contribution >= 0.6 is 0 Å². The maximum absolute atomic E-state index is 12.3. The summed E-state index contributed by atoms with van der Waals surface area (Å²) in [5.74, 6) is -2.34. The number of rotatable bonds is 3. The molecule has 1 N–H and O–H groups in total. The van der Waals surface area contributed by atoms with Gasteiger partial charge in [-0.05, 0) is 11.8 Å². The Morgan fingerprint density at radius 2 is 2.06 bits per heavy atom. The van der Waals surface area contributed by atoms with Crippen LogP contribution in [0.4, 0.5) is 0 Å². The molecule has 2 atom stereocenters. The lowest BCUT2D eigenvalue weighted by Gasteiger charge is -2.36. The average Bonchev–Trinajstić information content (AvgIpc) is 2.26. The van der Waals surface area contributed by atoms with Gasteiger partial charge in [-0.15, -0.1) is 0 Å². The van der Waals surface area contributed by atoms with Gasteiger partial charge < -0.3 is 14.7 Å². The lowest BCUT2D eigenvalue weighted by Crippen LogP contribution is -2.51. The molecule has 0 aromatic heterocycles. The van der Waals surface area contributed by atoms with Crippen molar-refractivity contribution in [2.75, 3.05) is 19.7 Å². The summed E-state index contributed by atoms with van der Waals surface area (Å²) in [5, 5.41) is 9.25.